The van der Waals surface area contributed by atoms with Crippen molar-refractivity contribution in [2.45, 2.75) is 0 Å². The number of nitrogens with zero attached hydrogens (tertiary/aromatic N) is 2. The first-order valence-electron chi connectivity index (χ1n) is 9.49. The molecule has 32 heavy (non-hydrogen) atoms. The van der Waals surface area contributed by atoms with Gasteiger partial charge >= 0.3 is 11.8 Å². The van der Waals surface area contributed by atoms with E-state index in [-0.39, 0.29) is 37.3 Å². The molecule has 11 heteroatoms. The molecule has 10 nitrogen and oxygen atoms in total. The molecule has 1 heterocycles. The highest BCUT2D eigenvalue weighted by Crippen LogP contribution is 2.31. The minimum absolute atomic E-state index is 0.163. The third-order valence-electron chi connectivity index (χ3n) is 4.16. The maximum atomic E-state index is 12.2. The molecule has 0 radical (unpaired) electrons. The van der Waals surface area contributed by atoms with Crippen LogP contribution in [0, 0.1) is 0 Å². The van der Waals surface area contributed by atoms with Gasteiger partial charge in [0.2, 0.25) is 5.82 Å². The van der Waals surface area contributed by atoms with E-state index in [1.807, 2.05) is 0 Å². The van der Waals surface area contributed by atoms with Gasteiger partial charge in [-0.1, -0.05) is 22.8 Å². The van der Waals surface area contributed by atoms with Crippen LogP contribution in [0.2, 0.25) is 5.02 Å². The topological polar surface area (TPSA) is 125 Å². The Balaban J connectivity index is 1.44. The predicted octanol–water partition coefficient (Wildman–Crippen LogP) is 2.33. The van der Waals surface area contributed by atoms with Gasteiger partial charge in [-0.2, -0.15) is 4.98 Å². The quantitative estimate of drug-likeness (QED) is 0.442. The van der Waals surface area contributed by atoms with Gasteiger partial charge in [-0.05, 0) is 36.4 Å². The Bertz CT molecular complexity index is 1090. The summed E-state index contributed by atoms with van der Waals surface area (Å²) in [6, 6.07) is 11.8. The molecule has 0 aliphatic heterocycles. The van der Waals surface area contributed by atoms with E-state index in [9.17, 15) is 9.59 Å². The number of rotatable bonds is 10. The number of carbonyl (C=O) groups is 2. The number of hydrogen-bond donors (Lipinski definition) is 2. The number of ether oxygens (including phenoxy) is 3. The molecule has 0 spiro atoms. The second-order valence-corrected chi connectivity index (χ2v) is 6.78. The Hall–Kier alpha value is -3.79. The summed E-state index contributed by atoms with van der Waals surface area (Å²) in [6.07, 6.45) is 0. The lowest BCUT2D eigenvalue weighted by molar-refractivity contribution is -0.123. The van der Waals surface area contributed by atoms with E-state index in [1.165, 1.54) is 14.2 Å². The average Bonchev–Trinajstić information content (AvgIpc) is 3.30. The molecular weight excluding hydrogens is 440 g/mol. The molecule has 3 aromatic rings. The fraction of sp³-hybridized carbons (Fsp3) is 0.238. The largest absolute Gasteiger partial charge is 0.493 e. The number of aromatic nitrogens is 2. The lowest BCUT2D eigenvalue weighted by atomic mass is 10.2. The number of methoxy groups -OCH3 is 2. The molecule has 2 amide bonds. The minimum Gasteiger partial charge on any atom is -0.493 e. The monoisotopic (exact) mass is 460 g/mol. The Morgan fingerprint density at radius 1 is 1.03 bits per heavy atom. The lowest BCUT2D eigenvalue weighted by Crippen LogP contribution is -2.36. The summed E-state index contributed by atoms with van der Waals surface area (Å²) in [5.41, 5.74) is 0.595. The standard InChI is InChI=1S/C21H21ClN4O6/c1-29-16-7-6-13(10-17(16)30-2)19-25-21(32-26-19)20(28)24-9-8-23-18(27)12-31-15-5-3-4-14(22)11-15/h3-7,10-11H,8-9,12H2,1-2H3,(H,23,27)(H,24,28). The van der Waals surface area contributed by atoms with Crippen LogP contribution >= 0.6 is 11.6 Å². The highest BCUT2D eigenvalue weighted by molar-refractivity contribution is 6.30. The van der Waals surface area contributed by atoms with Crippen LogP contribution < -0.4 is 24.8 Å². The van der Waals surface area contributed by atoms with Crippen LogP contribution in [0.15, 0.2) is 47.0 Å². The lowest BCUT2D eigenvalue weighted by Gasteiger charge is -2.08. The molecule has 2 N–H and O–H groups in total. The molecule has 0 atom stereocenters. The van der Waals surface area contributed by atoms with E-state index >= 15 is 0 Å². The Morgan fingerprint density at radius 3 is 2.56 bits per heavy atom. The fourth-order valence-electron chi connectivity index (χ4n) is 2.62. The molecule has 2 aromatic carbocycles. The van der Waals surface area contributed by atoms with Crippen molar-refractivity contribution in [3.8, 4) is 28.6 Å². The Labute approximate surface area is 188 Å². The third kappa shape index (κ3) is 6.11. The van der Waals surface area contributed by atoms with Gasteiger partial charge in [0.05, 0.1) is 14.2 Å². The van der Waals surface area contributed by atoms with Crippen LogP contribution in [0.4, 0.5) is 0 Å². The second kappa shape index (κ2) is 11.0. The van der Waals surface area contributed by atoms with E-state index in [1.54, 1.807) is 42.5 Å². The van der Waals surface area contributed by atoms with Crippen LogP contribution in [0.5, 0.6) is 17.2 Å². The van der Waals surface area contributed by atoms with Gasteiger partial charge in [0.25, 0.3) is 5.91 Å². The van der Waals surface area contributed by atoms with Crippen LogP contribution in [0.25, 0.3) is 11.4 Å². The molecule has 0 aliphatic rings. The number of carbonyl (C=O) groups excluding carboxylic acids is 2. The highest BCUT2D eigenvalue weighted by Gasteiger charge is 2.17. The number of halogens is 1. The van der Waals surface area contributed by atoms with E-state index in [0.717, 1.165) is 0 Å². The van der Waals surface area contributed by atoms with Crippen molar-refractivity contribution in [1.82, 2.24) is 20.8 Å². The molecule has 0 saturated carbocycles. The van der Waals surface area contributed by atoms with Crippen molar-refractivity contribution < 1.29 is 28.3 Å². The smallest absolute Gasteiger partial charge is 0.316 e. The van der Waals surface area contributed by atoms with Crippen molar-refractivity contribution in [2.24, 2.45) is 0 Å². The molecule has 168 valence electrons. The van der Waals surface area contributed by atoms with E-state index in [4.69, 9.17) is 30.3 Å². The minimum atomic E-state index is -0.561. The van der Waals surface area contributed by atoms with Crippen molar-refractivity contribution in [3.63, 3.8) is 0 Å². The predicted molar refractivity (Wildman–Crippen MR) is 115 cm³/mol. The van der Waals surface area contributed by atoms with Crippen LogP contribution in [0.3, 0.4) is 0 Å². The SMILES string of the molecule is COc1ccc(-c2noc(C(=O)NCCNC(=O)COc3cccc(Cl)c3)n2)cc1OC. The molecular formula is C21H21ClN4O6. The fourth-order valence-corrected chi connectivity index (χ4v) is 2.80. The van der Waals surface area contributed by atoms with Gasteiger partial charge in [0, 0.05) is 23.7 Å². The normalized spacial score (nSPS) is 10.3. The number of amides is 2. The number of nitrogens with one attached hydrogen (secondary N) is 2. The molecule has 0 unspecified atom stereocenters. The van der Waals surface area contributed by atoms with Gasteiger partial charge in [0.1, 0.15) is 5.75 Å². The summed E-state index contributed by atoms with van der Waals surface area (Å²) >= 11 is 5.86. The van der Waals surface area contributed by atoms with Gasteiger partial charge in [-0.3, -0.25) is 9.59 Å². The highest BCUT2D eigenvalue weighted by atomic mass is 35.5. The van der Waals surface area contributed by atoms with Crippen LogP contribution in [-0.2, 0) is 4.79 Å². The first-order valence-corrected chi connectivity index (χ1v) is 9.87. The number of benzene rings is 2. The van der Waals surface area contributed by atoms with Crippen molar-refractivity contribution >= 4 is 23.4 Å². The maximum absolute atomic E-state index is 12.2. The van der Waals surface area contributed by atoms with E-state index in [2.05, 4.69) is 20.8 Å². The summed E-state index contributed by atoms with van der Waals surface area (Å²) in [4.78, 5) is 28.1. The first kappa shape index (κ1) is 22.9. The van der Waals surface area contributed by atoms with Gasteiger partial charge in [0.15, 0.2) is 18.1 Å². The Kier molecular flexibility index (Phi) is 7.87. The van der Waals surface area contributed by atoms with Crippen LogP contribution in [0.1, 0.15) is 10.7 Å². The molecule has 3 rings (SSSR count). The van der Waals surface area contributed by atoms with Gasteiger partial charge in [-0.25, -0.2) is 0 Å². The molecule has 0 bridgehead atoms. The summed E-state index contributed by atoms with van der Waals surface area (Å²) < 4.78 is 20.8. The molecule has 0 saturated heterocycles. The zero-order chi connectivity index (χ0) is 22.9. The van der Waals surface area contributed by atoms with Crippen molar-refractivity contribution in [3.05, 3.63) is 53.4 Å². The molecule has 0 fully saturated rings. The average molecular weight is 461 g/mol. The van der Waals surface area contributed by atoms with E-state index in [0.29, 0.717) is 27.8 Å². The molecule has 1 aromatic heterocycles. The maximum Gasteiger partial charge on any atom is 0.316 e. The van der Waals surface area contributed by atoms with Gasteiger partial charge in [-0.15, -0.1) is 0 Å². The third-order valence-corrected chi connectivity index (χ3v) is 4.40. The molecule has 0 aliphatic carbocycles. The summed E-state index contributed by atoms with van der Waals surface area (Å²) in [7, 11) is 3.04. The van der Waals surface area contributed by atoms with Gasteiger partial charge < -0.3 is 29.4 Å². The first-order chi connectivity index (χ1) is 15.5. The van der Waals surface area contributed by atoms with E-state index < -0.39 is 5.91 Å². The Morgan fingerprint density at radius 2 is 1.81 bits per heavy atom. The second-order valence-electron chi connectivity index (χ2n) is 6.34. The summed E-state index contributed by atoms with van der Waals surface area (Å²) in [5.74, 6) is 0.658. The zero-order valence-electron chi connectivity index (χ0n) is 17.4. The number of hydrogen-bond acceptors (Lipinski definition) is 8. The summed E-state index contributed by atoms with van der Waals surface area (Å²) in [5, 5.41) is 9.54. The van der Waals surface area contributed by atoms with Crippen molar-refractivity contribution in [2.75, 3.05) is 33.9 Å². The van der Waals surface area contributed by atoms with Crippen molar-refractivity contribution in [1.29, 1.82) is 0 Å². The zero-order valence-corrected chi connectivity index (χ0v) is 18.1. The van der Waals surface area contributed by atoms with Crippen LogP contribution in [-0.4, -0.2) is 55.9 Å². The summed E-state index contributed by atoms with van der Waals surface area (Å²) in [6.45, 7) is 0.183.